The Labute approximate surface area is 142 Å². The molecule has 0 aliphatic carbocycles. The third-order valence-electron chi connectivity index (χ3n) is 3.35. The molecule has 2 rings (SSSR count). The van der Waals surface area contributed by atoms with Crippen LogP contribution in [0.4, 0.5) is 4.79 Å². The molecular formula is C18H20N2O3S. The van der Waals surface area contributed by atoms with Gasteiger partial charge in [0.15, 0.2) is 0 Å². The topological polar surface area (TPSA) is 66.5 Å². The van der Waals surface area contributed by atoms with Gasteiger partial charge in [-0.05, 0) is 24.1 Å². The van der Waals surface area contributed by atoms with Crippen LogP contribution < -0.4 is 4.72 Å². The van der Waals surface area contributed by atoms with Crippen LogP contribution in [-0.4, -0.2) is 25.9 Å². The van der Waals surface area contributed by atoms with E-state index in [0.29, 0.717) is 13.1 Å². The molecule has 0 spiro atoms. The summed E-state index contributed by atoms with van der Waals surface area (Å²) in [5, 5.41) is 0.997. The largest absolute Gasteiger partial charge is 0.331 e. The van der Waals surface area contributed by atoms with Crippen molar-refractivity contribution in [2.75, 3.05) is 6.54 Å². The molecule has 0 saturated carbocycles. The van der Waals surface area contributed by atoms with E-state index in [1.165, 1.54) is 11.0 Å². The van der Waals surface area contributed by atoms with E-state index in [2.05, 4.69) is 4.72 Å². The van der Waals surface area contributed by atoms with Crippen LogP contribution in [0.5, 0.6) is 0 Å². The van der Waals surface area contributed by atoms with E-state index < -0.39 is 16.1 Å². The monoisotopic (exact) mass is 344 g/mol. The summed E-state index contributed by atoms with van der Waals surface area (Å²) in [6, 6.07) is 17.8. The SMILES string of the molecule is CCN(Cc1ccccc1)C(=O)NS(=O)(=O)C=Cc1ccccc1. The van der Waals surface area contributed by atoms with Crippen LogP contribution in [0.15, 0.2) is 66.1 Å². The fraction of sp³-hybridized carbons (Fsp3) is 0.167. The van der Waals surface area contributed by atoms with Gasteiger partial charge in [-0.1, -0.05) is 60.7 Å². The van der Waals surface area contributed by atoms with Gasteiger partial charge in [0, 0.05) is 13.1 Å². The van der Waals surface area contributed by atoms with Crippen LogP contribution in [0.1, 0.15) is 18.1 Å². The lowest BCUT2D eigenvalue weighted by Crippen LogP contribution is -2.41. The number of nitrogens with zero attached hydrogens (tertiary/aromatic N) is 1. The molecule has 2 aromatic rings. The number of carbonyl (C=O) groups is 1. The van der Waals surface area contributed by atoms with Crippen molar-refractivity contribution in [3.8, 4) is 0 Å². The van der Waals surface area contributed by atoms with Crippen molar-refractivity contribution in [1.29, 1.82) is 0 Å². The highest BCUT2D eigenvalue weighted by atomic mass is 32.2. The third kappa shape index (κ3) is 5.55. The fourth-order valence-corrected chi connectivity index (χ4v) is 2.86. The Morgan fingerprint density at radius 2 is 1.62 bits per heavy atom. The maximum atomic E-state index is 12.2. The lowest BCUT2D eigenvalue weighted by Gasteiger charge is -2.20. The first-order chi connectivity index (χ1) is 11.5. The van der Waals surface area contributed by atoms with Gasteiger partial charge in [-0.2, -0.15) is 0 Å². The normalized spacial score (nSPS) is 11.4. The summed E-state index contributed by atoms with van der Waals surface area (Å²) >= 11 is 0. The second-order valence-corrected chi connectivity index (χ2v) is 6.73. The molecular weight excluding hydrogens is 324 g/mol. The van der Waals surface area contributed by atoms with Crippen LogP contribution in [0.3, 0.4) is 0 Å². The molecule has 2 aromatic carbocycles. The molecule has 0 aromatic heterocycles. The maximum absolute atomic E-state index is 12.2. The molecule has 1 N–H and O–H groups in total. The standard InChI is InChI=1S/C18H20N2O3S/c1-2-20(15-17-11-7-4-8-12-17)18(21)19-24(22,23)14-13-16-9-5-3-6-10-16/h3-14H,2,15H2,1H3,(H,19,21). The number of amides is 2. The second kappa shape index (κ2) is 8.31. The summed E-state index contributed by atoms with van der Waals surface area (Å²) in [6.07, 6.45) is 1.45. The molecule has 0 fully saturated rings. The minimum absolute atomic E-state index is 0.348. The molecule has 24 heavy (non-hydrogen) atoms. The highest BCUT2D eigenvalue weighted by Crippen LogP contribution is 2.06. The molecule has 0 aliphatic rings. The Bertz CT molecular complexity index is 788. The van der Waals surface area contributed by atoms with E-state index in [4.69, 9.17) is 0 Å². The molecule has 0 saturated heterocycles. The lowest BCUT2D eigenvalue weighted by atomic mass is 10.2. The lowest BCUT2D eigenvalue weighted by molar-refractivity contribution is 0.204. The first kappa shape index (κ1) is 17.7. The molecule has 2 amide bonds. The Morgan fingerprint density at radius 1 is 1.04 bits per heavy atom. The van der Waals surface area contributed by atoms with Gasteiger partial charge in [-0.15, -0.1) is 0 Å². The fourth-order valence-electron chi connectivity index (χ4n) is 2.08. The smallest absolute Gasteiger partial charge is 0.320 e. The Morgan fingerprint density at radius 3 is 2.21 bits per heavy atom. The minimum Gasteiger partial charge on any atom is -0.320 e. The number of urea groups is 1. The van der Waals surface area contributed by atoms with Crippen LogP contribution >= 0.6 is 0 Å². The Hall–Kier alpha value is -2.60. The van der Waals surface area contributed by atoms with Gasteiger partial charge in [-0.25, -0.2) is 17.9 Å². The Kier molecular flexibility index (Phi) is 6.14. The number of hydrogen-bond acceptors (Lipinski definition) is 3. The number of nitrogens with one attached hydrogen (secondary N) is 1. The van der Waals surface area contributed by atoms with Crippen LogP contribution in [0.2, 0.25) is 0 Å². The molecule has 6 heteroatoms. The summed E-state index contributed by atoms with van der Waals surface area (Å²) in [5.74, 6) is 0. The molecule has 0 bridgehead atoms. The predicted octanol–water partition coefficient (Wildman–Crippen LogP) is 3.22. The first-order valence-corrected chi connectivity index (χ1v) is 9.13. The average molecular weight is 344 g/mol. The number of sulfonamides is 1. The number of rotatable bonds is 6. The van der Waals surface area contributed by atoms with Crippen molar-refractivity contribution in [3.05, 3.63) is 77.2 Å². The molecule has 0 atom stereocenters. The average Bonchev–Trinajstić information content (AvgIpc) is 2.59. The quantitative estimate of drug-likeness (QED) is 0.875. The van der Waals surface area contributed by atoms with Crippen molar-refractivity contribution >= 4 is 22.1 Å². The number of carbonyl (C=O) groups excluding carboxylic acids is 1. The van der Waals surface area contributed by atoms with Gasteiger partial charge in [-0.3, -0.25) is 0 Å². The van der Waals surface area contributed by atoms with Crippen molar-refractivity contribution in [3.63, 3.8) is 0 Å². The first-order valence-electron chi connectivity index (χ1n) is 7.59. The van der Waals surface area contributed by atoms with Crippen LogP contribution in [0.25, 0.3) is 6.08 Å². The van der Waals surface area contributed by atoms with E-state index in [0.717, 1.165) is 16.5 Å². The summed E-state index contributed by atoms with van der Waals surface area (Å²) in [6.45, 7) is 2.55. The van der Waals surface area contributed by atoms with Gasteiger partial charge in [0.25, 0.3) is 10.0 Å². The molecule has 126 valence electrons. The third-order valence-corrected chi connectivity index (χ3v) is 4.31. The number of hydrogen-bond donors (Lipinski definition) is 1. The molecule has 0 aliphatic heterocycles. The highest BCUT2D eigenvalue weighted by molar-refractivity contribution is 7.93. The van der Waals surface area contributed by atoms with Gasteiger partial charge in [0.1, 0.15) is 0 Å². The summed E-state index contributed by atoms with van der Waals surface area (Å²) in [5.41, 5.74) is 1.68. The van der Waals surface area contributed by atoms with Gasteiger partial charge < -0.3 is 4.90 Å². The van der Waals surface area contributed by atoms with Gasteiger partial charge >= 0.3 is 6.03 Å². The van der Waals surface area contributed by atoms with Crippen molar-refractivity contribution in [2.24, 2.45) is 0 Å². The van der Waals surface area contributed by atoms with E-state index in [1.807, 2.05) is 48.5 Å². The van der Waals surface area contributed by atoms with E-state index in [1.54, 1.807) is 19.1 Å². The number of benzene rings is 2. The predicted molar refractivity (Wildman–Crippen MR) is 95.5 cm³/mol. The zero-order valence-corrected chi connectivity index (χ0v) is 14.2. The second-order valence-electron chi connectivity index (χ2n) is 5.17. The molecule has 5 nitrogen and oxygen atoms in total. The van der Waals surface area contributed by atoms with Crippen LogP contribution in [-0.2, 0) is 16.6 Å². The maximum Gasteiger partial charge on any atom is 0.331 e. The molecule has 0 unspecified atom stereocenters. The zero-order chi connectivity index (χ0) is 17.4. The van der Waals surface area contributed by atoms with E-state index in [-0.39, 0.29) is 0 Å². The van der Waals surface area contributed by atoms with Gasteiger partial charge in [0.2, 0.25) is 0 Å². The van der Waals surface area contributed by atoms with Crippen molar-refractivity contribution in [2.45, 2.75) is 13.5 Å². The minimum atomic E-state index is -3.85. The summed E-state index contributed by atoms with van der Waals surface area (Å²) in [7, 11) is -3.85. The Balaban J connectivity index is 2.02. The molecule has 0 radical (unpaired) electrons. The van der Waals surface area contributed by atoms with Crippen molar-refractivity contribution in [1.82, 2.24) is 9.62 Å². The van der Waals surface area contributed by atoms with Crippen LogP contribution in [0, 0.1) is 0 Å². The zero-order valence-electron chi connectivity index (χ0n) is 13.4. The van der Waals surface area contributed by atoms with E-state index >= 15 is 0 Å². The molecule has 0 heterocycles. The van der Waals surface area contributed by atoms with Gasteiger partial charge in [0.05, 0.1) is 5.41 Å². The summed E-state index contributed by atoms with van der Waals surface area (Å²) < 4.78 is 26.2. The van der Waals surface area contributed by atoms with Crippen molar-refractivity contribution < 1.29 is 13.2 Å². The highest BCUT2D eigenvalue weighted by Gasteiger charge is 2.17. The van der Waals surface area contributed by atoms with E-state index in [9.17, 15) is 13.2 Å². The summed E-state index contributed by atoms with van der Waals surface area (Å²) in [4.78, 5) is 13.6.